The minimum atomic E-state index is -1.18. The lowest BCUT2D eigenvalue weighted by molar-refractivity contribution is -0.388. The van der Waals surface area contributed by atoms with Crippen LogP contribution in [-0.4, -0.2) is 26.7 Å². The molecule has 0 aromatic carbocycles. The van der Waals surface area contributed by atoms with Crippen LogP contribution in [0.2, 0.25) is 0 Å². The highest BCUT2D eigenvalue weighted by atomic mass is 32.2. The minimum Gasteiger partial charge on any atom is -0.477 e. The Balaban J connectivity index is 2.86. The molecule has 0 saturated heterocycles. The van der Waals surface area contributed by atoms with E-state index in [1.807, 2.05) is 0 Å². The van der Waals surface area contributed by atoms with E-state index >= 15 is 0 Å². The van der Waals surface area contributed by atoms with E-state index in [0.29, 0.717) is 5.75 Å². The number of nitro groups is 1. The summed E-state index contributed by atoms with van der Waals surface area (Å²) in [6.45, 7) is 2.07. The zero-order chi connectivity index (χ0) is 13.5. The van der Waals surface area contributed by atoms with Crippen molar-refractivity contribution in [1.29, 1.82) is 0 Å². The molecule has 0 unspecified atom stereocenters. The first kappa shape index (κ1) is 14.4. The summed E-state index contributed by atoms with van der Waals surface area (Å²) in [5.74, 6) is -0.481. The standard InChI is InChI=1S/C11H14N2O4S/c1-2-3-4-7-18-10-9(13(16)17)6-5-8(12-10)11(14)15/h5-6H,2-4,7H2,1H3,(H,14,15). The molecule has 1 N–H and O–H groups in total. The van der Waals surface area contributed by atoms with Gasteiger partial charge in [0, 0.05) is 6.07 Å². The van der Waals surface area contributed by atoms with E-state index in [0.717, 1.165) is 25.3 Å². The summed E-state index contributed by atoms with van der Waals surface area (Å²) in [5.41, 5.74) is -0.305. The van der Waals surface area contributed by atoms with Crippen molar-refractivity contribution in [3.63, 3.8) is 0 Å². The number of carboxylic acids is 1. The lowest BCUT2D eigenvalue weighted by Gasteiger charge is -2.03. The quantitative estimate of drug-likeness (QED) is 0.354. The lowest BCUT2D eigenvalue weighted by atomic mass is 10.3. The van der Waals surface area contributed by atoms with Gasteiger partial charge < -0.3 is 5.11 Å². The lowest BCUT2D eigenvalue weighted by Crippen LogP contribution is -2.03. The normalized spacial score (nSPS) is 10.3. The molecule has 0 amide bonds. The minimum absolute atomic E-state index is 0.138. The van der Waals surface area contributed by atoms with Crippen molar-refractivity contribution in [3.05, 3.63) is 27.9 Å². The van der Waals surface area contributed by atoms with Crippen LogP contribution in [0.4, 0.5) is 5.69 Å². The second kappa shape index (κ2) is 6.95. The third-order valence-electron chi connectivity index (χ3n) is 2.24. The molecule has 1 heterocycles. The molecule has 0 radical (unpaired) electrons. The van der Waals surface area contributed by atoms with E-state index in [4.69, 9.17) is 5.11 Å². The van der Waals surface area contributed by atoms with Crippen molar-refractivity contribution in [3.8, 4) is 0 Å². The van der Waals surface area contributed by atoms with E-state index in [1.165, 1.54) is 17.8 Å². The zero-order valence-electron chi connectivity index (χ0n) is 9.96. The number of nitrogens with zero attached hydrogens (tertiary/aromatic N) is 2. The molecule has 0 spiro atoms. The second-order valence-corrected chi connectivity index (χ2v) is 4.72. The van der Waals surface area contributed by atoms with Crippen LogP contribution in [0.3, 0.4) is 0 Å². The highest BCUT2D eigenvalue weighted by Crippen LogP contribution is 2.28. The maximum Gasteiger partial charge on any atom is 0.354 e. The first-order valence-corrected chi connectivity index (χ1v) is 6.56. The molecule has 6 nitrogen and oxygen atoms in total. The Morgan fingerprint density at radius 2 is 2.22 bits per heavy atom. The van der Waals surface area contributed by atoms with Crippen LogP contribution < -0.4 is 0 Å². The maximum absolute atomic E-state index is 10.8. The van der Waals surface area contributed by atoms with E-state index in [1.54, 1.807) is 0 Å². The fourth-order valence-corrected chi connectivity index (χ4v) is 2.31. The smallest absolute Gasteiger partial charge is 0.354 e. The van der Waals surface area contributed by atoms with Crippen molar-refractivity contribution in [2.45, 2.75) is 31.2 Å². The number of thioether (sulfide) groups is 1. The van der Waals surface area contributed by atoms with Gasteiger partial charge in [-0.05, 0) is 18.2 Å². The van der Waals surface area contributed by atoms with Gasteiger partial charge in [0.25, 0.3) is 0 Å². The average molecular weight is 270 g/mol. The van der Waals surface area contributed by atoms with Crippen LogP contribution in [0.5, 0.6) is 0 Å². The number of unbranched alkanes of at least 4 members (excludes halogenated alkanes) is 2. The summed E-state index contributed by atoms with van der Waals surface area (Å²) in [6, 6.07) is 2.34. The number of pyridine rings is 1. The molecular formula is C11H14N2O4S. The van der Waals surface area contributed by atoms with Crippen LogP contribution in [0.1, 0.15) is 36.7 Å². The van der Waals surface area contributed by atoms with E-state index < -0.39 is 10.9 Å². The fourth-order valence-electron chi connectivity index (χ4n) is 1.32. The highest BCUT2D eigenvalue weighted by Gasteiger charge is 2.18. The summed E-state index contributed by atoms with van der Waals surface area (Å²) in [4.78, 5) is 24.8. The summed E-state index contributed by atoms with van der Waals surface area (Å²) in [6.07, 6.45) is 3.03. The van der Waals surface area contributed by atoms with Gasteiger partial charge in [-0.3, -0.25) is 10.1 Å². The summed E-state index contributed by atoms with van der Waals surface area (Å²) >= 11 is 1.23. The van der Waals surface area contributed by atoms with E-state index in [-0.39, 0.29) is 16.4 Å². The predicted molar refractivity (Wildman–Crippen MR) is 68.1 cm³/mol. The van der Waals surface area contributed by atoms with Gasteiger partial charge in [-0.15, -0.1) is 0 Å². The van der Waals surface area contributed by atoms with Crippen molar-refractivity contribution in [2.24, 2.45) is 0 Å². The fraction of sp³-hybridized carbons (Fsp3) is 0.455. The molecule has 0 fully saturated rings. The molecule has 0 bridgehead atoms. The second-order valence-electron chi connectivity index (χ2n) is 3.64. The Bertz CT molecular complexity index is 451. The van der Waals surface area contributed by atoms with E-state index in [9.17, 15) is 14.9 Å². The molecule has 1 rings (SSSR count). The van der Waals surface area contributed by atoms with Crippen LogP contribution in [-0.2, 0) is 0 Å². The molecular weight excluding hydrogens is 256 g/mol. The van der Waals surface area contributed by atoms with Crippen molar-refractivity contribution in [1.82, 2.24) is 4.98 Å². The molecule has 1 aromatic rings. The molecule has 1 aromatic heterocycles. The molecule has 0 aliphatic carbocycles. The molecule has 0 atom stereocenters. The Kier molecular flexibility index (Phi) is 5.57. The summed E-state index contributed by atoms with van der Waals surface area (Å²) in [7, 11) is 0. The third kappa shape index (κ3) is 3.99. The number of rotatable bonds is 7. The number of hydrogen-bond donors (Lipinski definition) is 1. The Morgan fingerprint density at radius 1 is 1.50 bits per heavy atom. The highest BCUT2D eigenvalue weighted by molar-refractivity contribution is 7.99. The zero-order valence-corrected chi connectivity index (χ0v) is 10.8. The maximum atomic E-state index is 10.8. The molecule has 0 aliphatic heterocycles. The van der Waals surface area contributed by atoms with Gasteiger partial charge in [0.2, 0.25) is 0 Å². The SMILES string of the molecule is CCCCCSc1nc(C(=O)O)ccc1[N+](=O)[O-]. The van der Waals surface area contributed by atoms with Crippen LogP contribution in [0.15, 0.2) is 17.2 Å². The number of aromatic nitrogens is 1. The van der Waals surface area contributed by atoms with Crippen molar-refractivity contribution >= 4 is 23.4 Å². The molecule has 98 valence electrons. The van der Waals surface area contributed by atoms with Crippen molar-refractivity contribution < 1.29 is 14.8 Å². The molecule has 18 heavy (non-hydrogen) atoms. The van der Waals surface area contributed by atoms with Gasteiger partial charge >= 0.3 is 11.7 Å². The summed E-state index contributed by atoms with van der Waals surface area (Å²) in [5, 5.41) is 19.8. The largest absolute Gasteiger partial charge is 0.477 e. The summed E-state index contributed by atoms with van der Waals surface area (Å²) < 4.78 is 0. The number of hydrogen-bond acceptors (Lipinski definition) is 5. The van der Waals surface area contributed by atoms with Crippen LogP contribution >= 0.6 is 11.8 Å². The van der Waals surface area contributed by atoms with Gasteiger partial charge in [-0.1, -0.05) is 31.5 Å². The Morgan fingerprint density at radius 3 is 2.78 bits per heavy atom. The van der Waals surface area contributed by atoms with Gasteiger partial charge in [-0.25, -0.2) is 9.78 Å². The Hall–Kier alpha value is -1.63. The van der Waals surface area contributed by atoms with Crippen LogP contribution in [0, 0.1) is 10.1 Å². The number of carboxylic acid groups (broad SMARTS) is 1. The Labute approximate surface area is 109 Å². The van der Waals surface area contributed by atoms with Gasteiger partial charge in [0.05, 0.1) is 4.92 Å². The number of carbonyl (C=O) groups is 1. The van der Waals surface area contributed by atoms with Gasteiger partial charge in [-0.2, -0.15) is 0 Å². The first-order chi connectivity index (χ1) is 8.56. The third-order valence-corrected chi connectivity index (χ3v) is 3.31. The molecule has 0 saturated carbocycles. The topological polar surface area (TPSA) is 93.3 Å². The predicted octanol–water partition coefficient (Wildman–Crippen LogP) is 2.97. The molecule has 0 aliphatic rings. The molecule has 7 heteroatoms. The van der Waals surface area contributed by atoms with Crippen LogP contribution in [0.25, 0.3) is 0 Å². The van der Waals surface area contributed by atoms with Gasteiger partial charge in [0.15, 0.2) is 5.03 Å². The number of aromatic carboxylic acids is 1. The average Bonchev–Trinajstić information content (AvgIpc) is 2.34. The van der Waals surface area contributed by atoms with E-state index in [2.05, 4.69) is 11.9 Å². The van der Waals surface area contributed by atoms with Gasteiger partial charge in [0.1, 0.15) is 5.69 Å². The first-order valence-electron chi connectivity index (χ1n) is 5.57. The van der Waals surface area contributed by atoms with Crippen molar-refractivity contribution in [2.75, 3.05) is 5.75 Å². The monoisotopic (exact) mass is 270 g/mol.